The molecule has 0 aliphatic rings. The predicted octanol–water partition coefficient (Wildman–Crippen LogP) is 2.68. The maximum absolute atomic E-state index is 11.2. The lowest BCUT2D eigenvalue weighted by Gasteiger charge is -2.11. The normalized spacial score (nSPS) is 10.5. The van der Waals surface area contributed by atoms with Crippen LogP contribution in [0.5, 0.6) is 0 Å². The molecule has 0 radical (unpaired) electrons. The summed E-state index contributed by atoms with van der Waals surface area (Å²) in [6.07, 6.45) is 3.95. The minimum absolute atomic E-state index is 0.0361. The molecule has 5 nitrogen and oxygen atoms in total. The van der Waals surface area contributed by atoms with Crippen LogP contribution in [-0.4, -0.2) is 23.1 Å². The lowest BCUT2D eigenvalue weighted by molar-refractivity contribution is -0.298. The van der Waals surface area contributed by atoms with E-state index in [1.54, 1.807) is 0 Å². The number of unbranched alkanes of at least 4 members (excludes halogenated alkanes) is 2. The SMILES string of the molecule is CCC(CC)OOC(=O)CCCCCC(=O)O. The fourth-order valence-electron chi connectivity index (χ4n) is 1.31. The van der Waals surface area contributed by atoms with Gasteiger partial charge in [0.25, 0.3) is 0 Å². The van der Waals surface area contributed by atoms with Gasteiger partial charge in [-0.3, -0.25) is 9.68 Å². The number of aliphatic carboxylic acids is 1. The number of rotatable bonds is 10. The van der Waals surface area contributed by atoms with Crippen LogP contribution in [0, 0.1) is 0 Å². The second-order valence-corrected chi connectivity index (χ2v) is 3.94. The predicted molar refractivity (Wildman–Crippen MR) is 62.3 cm³/mol. The Morgan fingerprint density at radius 1 is 1.06 bits per heavy atom. The number of hydrogen-bond acceptors (Lipinski definition) is 4. The molecule has 100 valence electrons. The molecule has 0 aromatic heterocycles. The molecular formula is C12H22O5. The van der Waals surface area contributed by atoms with Crippen molar-refractivity contribution in [2.45, 2.75) is 64.9 Å². The monoisotopic (exact) mass is 246 g/mol. The van der Waals surface area contributed by atoms with E-state index in [0.29, 0.717) is 19.3 Å². The van der Waals surface area contributed by atoms with Crippen molar-refractivity contribution in [3.05, 3.63) is 0 Å². The Morgan fingerprint density at radius 2 is 1.65 bits per heavy atom. The van der Waals surface area contributed by atoms with E-state index in [2.05, 4.69) is 4.89 Å². The second-order valence-electron chi connectivity index (χ2n) is 3.94. The zero-order valence-electron chi connectivity index (χ0n) is 10.6. The highest BCUT2D eigenvalue weighted by Gasteiger charge is 2.09. The Labute approximate surface area is 102 Å². The lowest BCUT2D eigenvalue weighted by atomic mass is 10.1. The van der Waals surface area contributed by atoms with Crippen LogP contribution in [0.1, 0.15) is 58.8 Å². The molecule has 0 aromatic rings. The molecular weight excluding hydrogens is 224 g/mol. The van der Waals surface area contributed by atoms with Crippen LogP contribution in [0.15, 0.2) is 0 Å². The summed E-state index contributed by atoms with van der Waals surface area (Å²) in [7, 11) is 0. The van der Waals surface area contributed by atoms with Crippen molar-refractivity contribution in [3.63, 3.8) is 0 Å². The first kappa shape index (κ1) is 15.9. The van der Waals surface area contributed by atoms with E-state index in [1.807, 2.05) is 13.8 Å². The van der Waals surface area contributed by atoms with Gasteiger partial charge in [0.2, 0.25) is 0 Å². The molecule has 0 saturated carbocycles. The van der Waals surface area contributed by atoms with Crippen LogP contribution in [0.3, 0.4) is 0 Å². The Balaban J connectivity index is 3.43. The average molecular weight is 246 g/mol. The van der Waals surface area contributed by atoms with E-state index in [-0.39, 0.29) is 24.9 Å². The molecule has 0 atom stereocenters. The molecule has 1 N–H and O–H groups in total. The number of carboxylic acid groups (broad SMARTS) is 1. The highest BCUT2D eigenvalue weighted by atomic mass is 17.2. The molecule has 0 fully saturated rings. The fraction of sp³-hybridized carbons (Fsp3) is 0.833. The third-order valence-corrected chi connectivity index (χ3v) is 2.46. The first-order valence-corrected chi connectivity index (χ1v) is 6.18. The van der Waals surface area contributed by atoms with E-state index in [9.17, 15) is 9.59 Å². The van der Waals surface area contributed by atoms with Crippen molar-refractivity contribution in [2.75, 3.05) is 0 Å². The highest BCUT2D eigenvalue weighted by molar-refractivity contribution is 5.68. The molecule has 0 spiro atoms. The number of carbonyl (C=O) groups excluding carboxylic acids is 1. The van der Waals surface area contributed by atoms with E-state index in [4.69, 9.17) is 9.99 Å². The molecule has 0 heterocycles. The maximum Gasteiger partial charge on any atom is 0.342 e. The first-order valence-electron chi connectivity index (χ1n) is 6.18. The Morgan fingerprint density at radius 3 is 2.18 bits per heavy atom. The van der Waals surface area contributed by atoms with Gasteiger partial charge in [-0.1, -0.05) is 20.3 Å². The molecule has 0 rings (SSSR count). The molecule has 0 unspecified atom stereocenters. The third-order valence-electron chi connectivity index (χ3n) is 2.46. The largest absolute Gasteiger partial charge is 0.481 e. The van der Waals surface area contributed by atoms with Crippen molar-refractivity contribution in [1.82, 2.24) is 0 Å². The van der Waals surface area contributed by atoms with Crippen molar-refractivity contribution < 1.29 is 24.5 Å². The van der Waals surface area contributed by atoms with E-state index >= 15 is 0 Å². The molecule has 0 aliphatic carbocycles. The quantitative estimate of drug-likeness (QED) is 0.364. The topological polar surface area (TPSA) is 72.8 Å². The van der Waals surface area contributed by atoms with Gasteiger partial charge < -0.3 is 5.11 Å². The van der Waals surface area contributed by atoms with Gasteiger partial charge in [-0.2, -0.15) is 4.89 Å². The van der Waals surface area contributed by atoms with Gasteiger partial charge in [-0.05, 0) is 25.7 Å². The van der Waals surface area contributed by atoms with Gasteiger partial charge in [-0.25, -0.2) is 4.79 Å². The van der Waals surface area contributed by atoms with Crippen molar-refractivity contribution in [3.8, 4) is 0 Å². The summed E-state index contributed by atoms with van der Waals surface area (Å²) in [5, 5.41) is 8.41. The molecule has 17 heavy (non-hydrogen) atoms. The summed E-state index contributed by atoms with van der Waals surface area (Å²) in [6.45, 7) is 3.93. The van der Waals surface area contributed by atoms with Gasteiger partial charge in [0.15, 0.2) is 0 Å². The summed E-state index contributed by atoms with van der Waals surface area (Å²) in [5.41, 5.74) is 0. The van der Waals surface area contributed by atoms with Crippen LogP contribution in [0.25, 0.3) is 0 Å². The molecule has 0 bridgehead atoms. The summed E-state index contributed by atoms with van der Waals surface area (Å²) in [5.74, 6) is -1.18. The van der Waals surface area contributed by atoms with Crippen LogP contribution in [0.4, 0.5) is 0 Å². The first-order chi connectivity index (χ1) is 8.10. The summed E-state index contributed by atoms with van der Waals surface area (Å²) in [4.78, 5) is 31.1. The summed E-state index contributed by atoms with van der Waals surface area (Å²) < 4.78 is 0. The number of carbonyl (C=O) groups is 2. The molecule has 0 aromatic carbocycles. The van der Waals surface area contributed by atoms with Gasteiger partial charge in [0.1, 0.15) is 6.10 Å². The Bertz CT molecular complexity index is 223. The molecule has 0 amide bonds. The van der Waals surface area contributed by atoms with E-state index < -0.39 is 5.97 Å². The van der Waals surface area contributed by atoms with Crippen LogP contribution >= 0.6 is 0 Å². The fourth-order valence-corrected chi connectivity index (χ4v) is 1.31. The van der Waals surface area contributed by atoms with Gasteiger partial charge >= 0.3 is 11.9 Å². The number of hydrogen-bond donors (Lipinski definition) is 1. The second kappa shape index (κ2) is 10.1. The minimum atomic E-state index is -0.801. The zero-order valence-corrected chi connectivity index (χ0v) is 10.6. The maximum atomic E-state index is 11.2. The van der Waals surface area contributed by atoms with Crippen LogP contribution in [-0.2, 0) is 19.4 Å². The Kier molecular flexibility index (Phi) is 9.43. The molecule has 0 aliphatic heterocycles. The van der Waals surface area contributed by atoms with Gasteiger partial charge in [-0.15, -0.1) is 0 Å². The van der Waals surface area contributed by atoms with Crippen molar-refractivity contribution >= 4 is 11.9 Å². The van der Waals surface area contributed by atoms with Crippen molar-refractivity contribution in [2.24, 2.45) is 0 Å². The lowest BCUT2D eigenvalue weighted by Crippen LogP contribution is -2.14. The minimum Gasteiger partial charge on any atom is -0.481 e. The van der Waals surface area contributed by atoms with E-state index in [0.717, 1.165) is 12.8 Å². The summed E-state index contributed by atoms with van der Waals surface area (Å²) in [6, 6.07) is 0. The molecule has 0 saturated heterocycles. The Hall–Kier alpha value is -1.10. The van der Waals surface area contributed by atoms with Gasteiger partial charge in [0.05, 0.1) is 0 Å². The summed E-state index contributed by atoms with van der Waals surface area (Å²) >= 11 is 0. The zero-order chi connectivity index (χ0) is 13.1. The highest BCUT2D eigenvalue weighted by Crippen LogP contribution is 2.07. The smallest absolute Gasteiger partial charge is 0.342 e. The van der Waals surface area contributed by atoms with Crippen LogP contribution < -0.4 is 0 Å². The number of carboxylic acids is 1. The van der Waals surface area contributed by atoms with Crippen LogP contribution in [0.2, 0.25) is 0 Å². The van der Waals surface area contributed by atoms with E-state index in [1.165, 1.54) is 0 Å². The third kappa shape index (κ3) is 9.81. The van der Waals surface area contributed by atoms with Gasteiger partial charge in [0, 0.05) is 12.8 Å². The average Bonchev–Trinajstić information content (AvgIpc) is 2.29. The van der Waals surface area contributed by atoms with Crippen molar-refractivity contribution in [1.29, 1.82) is 0 Å². The standard InChI is InChI=1S/C12H22O5/c1-3-10(4-2)16-17-12(15)9-7-5-6-8-11(13)14/h10H,3-9H2,1-2H3,(H,13,14). The molecule has 5 heteroatoms.